The van der Waals surface area contributed by atoms with Crippen LogP contribution in [0.15, 0.2) is 10.6 Å². The van der Waals surface area contributed by atoms with Gasteiger partial charge in [0.2, 0.25) is 5.91 Å². The number of aryl methyl sites for hydroxylation is 1. The molecule has 1 amide bonds. The first-order chi connectivity index (χ1) is 9.15. The van der Waals surface area contributed by atoms with Crippen molar-refractivity contribution in [3.8, 4) is 0 Å². The molecule has 1 saturated heterocycles. The van der Waals surface area contributed by atoms with Gasteiger partial charge in [0.05, 0.1) is 11.7 Å². The van der Waals surface area contributed by atoms with Crippen LogP contribution in [0.1, 0.15) is 49.6 Å². The Morgan fingerprint density at radius 1 is 1.47 bits per heavy atom. The first kappa shape index (κ1) is 12.7. The molecule has 2 fully saturated rings. The van der Waals surface area contributed by atoms with E-state index in [1.165, 1.54) is 0 Å². The maximum Gasteiger partial charge on any atom is 0.226 e. The molecule has 0 radical (unpaired) electrons. The predicted molar refractivity (Wildman–Crippen MR) is 70.2 cm³/mol. The Kier molecular flexibility index (Phi) is 3.31. The summed E-state index contributed by atoms with van der Waals surface area (Å²) < 4.78 is 5.34. The third kappa shape index (κ3) is 2.39. The second-order valence-corrected chi connectivity index (χ2v) is 5.83. The molecule has 5 heteroatoms. The third-order valence-corrected chi connectivity index (χ3v) is 4.33. The van der Waals surface area contributed by atoms with Gasteiger partial charge in [-0.25, -0.2) is 0 Å². The van der Waals surface area contributed by atoms with Gasteiger partial charge >= 0.3 is 0 Å². The highest BCUT2D eigenvalue weighted by atomic mass is 16.5. The normalized spacial score (nSPS) is 31.1. The number of hydrogen-bond acceptors (Lipinski definition) is 4. The van der Waals surface area contributed by atoms with Crippen molar-refractivity contribution >= 4 is 5.91 Å². The molecule has 0 spiro atoms. The molecule has 5 nitrogen and oxygen atoms in total. The molecule has 1 aliphatic carbocycles. The van der Waals surface area contributed by atoms with Crippen LogP contribution in [-0.2, 0) is 4.79 Å². The molecule has 1 aromatic rings. The van der Waals surface area contributed by atoms with Gasteiger partial charge in [0.1, 0.15) is 0 Å². The molecule has 0 aromatic carbocycles. The van der Waals surface area contributed by atoms with Crippen molar-refractivity contribution in [2.24, 2.45) is 11.7 Å². The summed E-state index contributed by atoms with van der Waals surface area (Å²) in [5.41, 5.74) is 6.78. The van der Waals surface area contributed by atoms with Crippen LogP contribution < -0.4 is 5.73 Å². The lowest BCUT2D eigenvalue weighted by Gasteiger charge is -2.25. The van der Waals surface area contributed by atoms with Crippen LogP contribution in [-0.4, -0.2) is 28.6 Å². The lowest BCUT2D eigenvalue weighted by Crippen LogP contribution is -2.35. The number of rotatable bonds is 2. The fourth-order valence-corrected chi connectivity index (χ4v) is 3.34. The minimum absolute atomic E-state index is 0.0746. The summed E-state index contributed by atoms with van der Waals surface area (Å²) in [6, 6.07) is 2.21. The van der Waals surface area contributed by atoms with Gasteiger partial charge in [0, 0.05) is 24.6 Å². The van der Waals surface area contributed by atoms with Crippen molar-refractivity contribution in [2.75, 3.05) is 6.54 Å². The number of likely N-dealkylation sites (tertiary alicyclic amines) is 1. The summed E-state index contributed by atoms with van der Waals surface area (Å²) in [5, 5.41) is 3.93. The van der Waals surface area contributed by atoms with Gasteiger partial charge in [-0.05, 0) is 39.0 Å². The minimum atomic E-state index is 0.0746. The average Bonchev–Trinajstić information content (AvgIpc) is 3.07. The van der Waals surface area contributed by atoms with Crippen LogP contribution in [0.2, 0.25) is 0 Å². The molecule has 19 heavy (non-hydrogen) atoms. The number of hydrogen-bond donors (Lipinski definition) is 1. The largest absolute Gasteiger partial charge is 0.359 e. The zero-order chi connectivity index (χ0) is 13.4. The van der Waals surface area contributed by atoms with Crippen LogP contribution in [0.3, 0.4) is 0 Å². The molecule has 3 atom stereocenters. The summed E-state index contributed by atoms with van der Waals surface area (Å²) in [6.07, 6.45) is 4.74. The highest BCUT2D eigenvalue weighted by Crippen LogP contribution is 2.36. The monoisotopic (exact) mass is 263 g/mol. The number of carbonyl (C=O) groups excluding carboxylic acids is 1. The zero-order valence-electron chi connectivity index (χ0n) is 11.3. The smallest absolute Gasteiger partial charge is 0.226 e. The van der Waals surface area contributed by atoms with Crippen LogP contribution in [0.5, 0.6) is 0 Å². The highest BCUT2D eigenvalue weighted by molar-refractivity contribution is 5.80. The topological polar surface area (TPSA) is 72.4 Å². The summed E-state index contributed by atoms with van der Waals surface area (Å²) in [6.45, 7) is 2.74. The standard InChI is InChI=1S/C14H21N3O2/c1-9-7-13(19-16-9)12-3-2-6-17(12)14(18)10-4-5-11(15)8-10/h7,10-12H,2-6,8,15H2,1H3. The number of amides is 1. The van der Waals surface area contributed by atoms with Gasteiger partial charge in [0.25, 0.3) is 0 Å². The Morgan fingerprint density at radius 3 is 2.95 bits per heavy atom. The van der Waals surface area contributed by atoms with E-state index in [4.69, 9.17) is 10.3 Å². The maximum atomic E-state index is 12.6. The molecule has 2 N–H and O–H groups in total. The molecule has 2 heterocycles. The van der Waals surface area contributed by atoms with Crippen LogP contribution >= 0.6 is 0 Å². The Hall–Kier alpha value is -1.36. The Labute approximate surface area is 113 Å². The maximum absolute atomic E-state index is 12.6. The summed E-state index contributed by atoms with van der Waals surface area (Å²) in [7, 11) is 0. The van der Waals surface area contributed by atoms with Gasteiger partial charge in [-0.15, -0.1) is 0 Å². The van der Waals surface area contributed by atoms with Gasteiger partial charge < -0.3 is 15.2 Å². The molecular formula is C14H21N3O2. The molecule has 3 unspecified atom stereocenters. The van der Waals surface area contributed by atoms with Crippen LogP contribution in [0.4, 0.5) is 0 Å². The zero-order valence-corrected chi connectivity index (χ0v) is 11.3. The van der Waals surface area contributed by atoms with E-state index in [2.05, 4.69) is 5.16 Å². The van der Waals surface area contributed by atoms with E-state index in [-0.39, 0.29) is 23.9 Å². The third-order valence-electron chi connectivity index (χ3n) is 4.33. The van der Waals surface area contributed by atoms with E-state index >= 15 is 0 Å². The van der Waals surface area contributed by atoms with Gasteiger partial charge in [-0.1, -0.05) is 5.16 Å². The fourth-order valence-electron chi connectivity index (χ4n) is 3.34. The van der Waals surface area contributed by atoms with E-state index in [0.717, 1.165) is 50.1 Å². The van der Waals surface area contributed by atoms with Crippen molar-refractivity contribution in [3.05, 3.63) is 17.5 Å². The molecule has 1 aromatic heterocycles. The van der Waals surface area contributed by atoms with Crippen molar-refractivity contribution in [2.45, 2.75) is 51.1 Å². The summed E-state index contributed by atoms with van der Waals surface area (Å²) in [5.74, 6) is 1.19. The fraction of sp³-hybridized carbons (Fsp3) is 0.714. The van der Waals surface area contributed by atoms with E-state index in [1.807, 2.05) is 17.9 Å². The number of carbonyl (C=O) groups is 1. The molecule has 3 rings (SSSR count). The minimum Gasteiger partial charge on any atom is -0.359 e. The highest BCUT2D eigenvalue weighted by Gasteiger charge is 2.38. The van der Waals surface area contributed by atoms with E-state index in [1.54, 1.807) is 0 Å². The second kappa shape index (κ2) is 4.96. The van der Waals surface area contributed by atoms with E-state index in [9.17, 15) is 4.79 Å². The van der Waals surface area contributed by atoms with Crippen molar-refractivity contribution in [1.82, 2.24) is 10.1 Å². The Balaban J connectivity index is 1.74. The molecule has 1 aliphatic heterocycles. The van der Waals surface area contributed by atoms with Gasteiger partial charge in [-0.3, -0.25) is 4.79 Å². The second-order valence-electron chi connectivity index (χ2n) is 5.83. The SMILES string of the molecule is Cc1cc(C2CCCN2C(=O)C2CCC(N)C2)on1. The van der Waals surface area contributed by atoms with Crippen molar-refractivity contribution in [3.63, 3.8) is 0 Å². The molecular weight excluding hydrogens is 242 g/mol. The van der Waals surface area contributed by atoms with Crippen LogP contribution in [0, 0.1) is 12.8 Å². The first-order valence-electron chi connectivity index (χ1n) is 7.14. The Bertz CT molecular complexity index is 471. The predicted octanol–water partition coefficient (Wildman–Crippen LogP) is 1.77. The molecule has 2 aliphatic rings. The summed E-state index contributed by atoms with van der Waals surface area (Å²) >= 11 is 0. The summed E-state index contributed by atoms with van der Waals surface area (Å²) in [4.78, 5) is 14.6. The molecule has 1 saturated carbocycles. The molecule has 0 bridgehead atoms. The van der Waals surface area contributed by atoms with Gasteiger partial charge in [0.15, 0.2) is 5.76 Å². The Morgan fingerprint density at radius 2 is 2.32 bits per heavy atom. The van der Waals surface area contributed by atoms with E-state index in [0.29, 0.717) is 0 Å². The average molecular weight is 263 g/mol. The number of aromatic nitrogens is 1. The van der Waals surface area contributed by atoms with E-state index < -0.39 is 0 Å². The van der Waals surface area contributed by atoms with Crippen LogP contribution in [0.25, 0.3) is 0 Å². The quantitative estimate of drug-likeness (QED) is 0.882. The first-order valence-corrected chi connectivity index (χ1v) is 7.14. The number of nitrogens with two attached hydrogens (primary N) is 1. The lowest BCUT2D eigenvalue weighted by molar-refractivity contribution is -0.136. The van der Waals surface area contributed by atoms with Gasteiger partial charge in [-0.2, -0.15) is 0 Å². The van der Waals surface area contributed by atoms with Crippen molar-refractivity contribution < 1.29 is 9.32 Å². The number of nitrogens with zero attached hydrogens (tertiary/aromatic N) is 2. The van der Waals surface area contributed by atoms with Crippen molar-refractivity contribution in [1.29, 1.82) is 0 Å². The lowest BCUT2D eigenvalue weighted by atomic mass is 10.0. The molecule has 104 valence electrons.